The van der Waals surface area contributed by atoms with Crippen LogP contribution in [0.5, 0.6) is 0 Å². The minimum Gasteiger partial charge on any atom is -0.443 e. The number of hydrogen-bond donors (Lipinski definition) is 4. The second-order valence-corrected chi connectivity index (χ2v) is 6.28. The Labute approximate surface area is 103 Å². The van der Waals surface area contributed by atoms with E-state index in [1.807, 2.05) is 4.72 Å². The van der Waals surface area contributed by atoms with Crippen LogP contribution >= 0.6 is 11.0 Å². The minimum atomic E-state index is -3.72. The largest absolute Gasteiger partial charge is 0.443 e. The van der Waals surface area contributed by atoms with E-state index < -0.39 is 34.5 Å². The third-order valence-corrected chi connectivity index (χ3v) is 2.33. The molecule has 4 N–H and O–H groups in total. The van der Waals surface area contributed by atoms with E-state index in [2.05, 4.69) is 0 Å². The lowest BCUT2D eigenvalue weighted by Crippen LogP contribution is -2.42. The van der Waals surface area contributed by atoms with Gasteiger partial charge in [-0.05, 0) is 31.7 Å². The molecule has 102 valence electrons. The molecule has 0 aliphatic carbocycles. The maximum Gasteiger partial charge on any atom is 0.427 e. The van der Waals surface area contributed by atoms with Crippen LogP contribution in [0.25, 0.3) is 0 Å². The summed E-state index contributed by atoms with van der Waals surface area (Å²) in [5, 5.41) is 0. The zero-order chi connectivity index (χ0) is 13.9. The molecular formula is C9H20N2O5S. The number of rotatable bonds is 3. The minimum absolute atomic E-state index is 0.429. The van der Waals surface area contributed by atoms with E-state index in [1.54, 1.807) is 39.3 Å². The number of ether oxygens (including phenoxy) is 1. The van der Waals surface area contributed by atoms with Crippen LogP contribution < -0.4 is 9.44 Å². The molecule has 0 bridgehead atoms. The van der Waals surface area contributed by atoms with Crippen molar-refractivity contribution in [1.82, 2.24) is 9.44 Å². The summed E-state index contributed by atoms with van der Waals surface area (Å²) in [7, 11) is -3.72. The first-order chi connectivity index (χ1) is 7.43. The van der Waals surface area contributed by atoms with Crippen molar-refractivity contribution in [3.8, 4) is 0 Å². The Morgan fingerprint density at radius 1 is 1.18 bits per heavy atom. The van der Waals surface area contributed by atoms with Gasteiger partial charge in [-0.3, -0.25) is 13.9 Å². The third-order valence-electron chi connectivity index (χ3n) is 1.39. The molecule has 0 aliphatic rings. The number of hydrogen-bond acceptors (Lipinski definition) is 5. The molecule has 0 heterocycles. The summed E-state index contributed by atoms with van der Waals surface area (Å²) in [5.41, 5.74) is -0.762. The lowest BCUT2D eigenvalue weighted by molar-refractivity contribution is -0.122. The molecule has 0 atom stereocenters. The predicted octanol–water partition coefficient (Wildman–Crippen LogP) is 1.86. The van der Waals surface area contributed by atoms with Crippen molar-refractivity contribution in [2.24, 2.45) is 5.92 Å². The summed E-state index contributed by atoms with van der Waals surface area (Å²) in [6.07, 6.45) is -1.01. The summed E-state index contributed by atoms with van der Waals surface area (Å²) in [5.74, 6) is -1.01. The van der Waals surface area contributed by atoms with Crippen molar-refractivity contribution in [1.29, 1.82) is 0 Å². The van der Waals surface area contributed by atoms with E-state index in [0.717, 1.165) is 0 Å². The molecule has 0 saturated carbocycles. The predicted molar refractivity (Wildman–Crippen MR) is 65.2 cm³/mol. The van der Waals surface area contributed by atoms with Gasteiger partial charge >= 0.3 is 6.09 Å². The number of amides is 2. The molecule has 0 spiro atoms. The van der Waals surface area contributed by atoms with Gasteiger partial charge in [0.1, 0.15) is 5.60 Å². The Bertz CT molecular complexity index is 298. The second-order valence-electron chi connectivity index (χ2n) is 4.77. The Balaban J connectivity index is 4.35. The molecule has 0 rings (SSSR count). The first-order valence-electron chi connectivity index (χ1n) is 5.03. The van der Waals surface area contributed by atoms with Gasteiger partial charge in [0.05, 0.1) is 0 Å². The molecule has 0 aliphatic heterocycles. The van der Waals surface area contributed by atoms with Gasteiger partial charge in [-0.25, -0.2) is 14.2 Å². The number of nitrogens with one attached hydrogen (secondary N) is 2. The zero-order valence-electron chi connectivity index (χ0n) is 10.6. The normalized spacial score (nSPS) is 13.2. The quantitative estimate of drug-likeness (QED) is 0.625. The van der Waals surface area contributed by atoms with Crippen molar-refractivity contribution >= 4 is 23.0 Å². The molecular weight excluding hydrogens is 248 g/mol. The Morgan fingerprint density at radius 2 is 1.65 bits per heavy atom. The van der Waals surface area contributed by atoms with Gasteiger partial charge in [0.25, 0.3) is 0 Å². The molecule has 0 unspecified atom stereocenters. The van der Waals surface area contributed by atoms with E-state index in [1.165, 1.54) is 0 Å². The van der Waals surface area contributed by atoms with Crippen molar-refractivity contribution in [2.45, 2.75) is 40.2 Å². The fourth-order valence-electron chi connectivity index (χ4n) is 0.699. The van der Waals surface area contributed by atoms with Gasteiger partial charge in [-0.2, -0.15) is 0 Å². The van der Waals surface area contributed by atoms with E-state index >= 15 is 0 Å². The zero-order valence-corrected chi connectivity index (χ0v) is 11.4. The highest BCUT2D eigenvalue weighted by molar-refractivity contribution is 8.21. The van der Waals surface area contributed by atoms with Crippen LogP contribution in [0.2, 0.25) is 0 Å². The van der Waals surface area contributed by atoms with Crippen LogP contribution in [-0.2, 0) is 9.53 Å². The summed E-state index contributed by atoms with van der Waals surface area (Å²) >= 11 is 0. The fraction of sp³-hybridized carbons (Fsp3) is 0.778. The van der Waals surface area contributed by atoms with Crippen LogP contribution in [0, 0.1) is 5.92 Å². The average Bonchev–Trinajstić information content (AvgIpc) is 1.96. The van der Waals surface area contributed by atoms with Crippen molar-refractivity contribution < 1.29 is 23.4 Å². The molecule has 0 aromatic carbocycles. The summed E-state index contributed by atoms with van der Waals surface area (Å²) in [4.78, 5) is 22.5. The molecule has 7 nitrogen and oxygen atoms in total. The first kappa shape index (κ1) is 16.0. The van der Waals surface area contributed by atoms with Gasteiger partial charge < -0.3 is 4.74 Å². The van der Waals surface area contributed by atoms with Crippen LogP contribution in [-0.4, -0.2) is 26.7 Å². The Morgan fingerprint density at radius 3 is 2.00 bits per heavy atom. The maximum absolute atomic E-state index is 11.2. The van der Waals surface area contributed by atoms with E-state index in [0.29, 0.717) is 0 Å². The standard InChI is InChI=1S/C9H20N2O5S/c1-6(2)7(12)10-17(14,15)11-8(13)16-9(3,4)5/h6,14-15H,1-5H3,(H,10,12)(H,11,13). The van der Waals surface area contributed by atoms with Crippen LogP contribution in [0.4, 0.5) is 4.79 Å². The van der Waals surface area contributed by atoms with Gasteiger partial charge in [-0.1, -0.05) is 13.8 Å². The van der Waals surface area contributed by atoms with Crippen LogP contribution in [0.3, 0.4) is 0 Å². The highest BCUT2D eigenvalue weighted by Gasteiger charge is 2.24. The SMILES string of the molecule is CC(C)C(=O)NS(O)(O)NC(=O)OC(C)(C)C. The lowest BCUT2D eigenvalue weighted by atomic mass is 10.2. The average molecular weight is 268 g/mol. The molecule has 0 saturated heterocycles. The summed E-state index contributed by atoms with van der Waals surface area (Å²) in [6, 6.07) is 0. The molecule has 0 aromatic heterocycles. The molecule has 0 fully saturated rings. The van der Waals surface area contributed by atoms with Crippen molar-refractivity contribution in [3.63, 3.8) is 0 Å². The Kier molecular flexibility index (Phi) is 5.24. The van der Waals surface area contributed by atoms with Crippen LogP contribution in [0.15, 0.2) is 0 Å². The Hall–Kier alpha value is -0.990. The van der Waals surface area contributed by atoms with Gasteiger partial charge in [0, 0.05) is 5.92 Å². The first-order valence-corrected chi connectivity index (χ1v) is 6.58. The molecule has 0 aromatic rings. The van der Waals surface area contributed by atoms with Gasteiger partial charge in [0.15, 0.2) is 0 Å². The smallest absolute Gasteiger partial charge is 0.427 e. The highest BCUT2D eigenvalue weighted by atomic mass is 32.3. The van der Waals surface area contributed by atoms with Crippen molar-refractivity contribution in [2.75, 3.05) is 0 Å². The maximum atomic E-state index is 11.2. The summed E-state index contributed by atoms with van der Waals surface area (Å²) in [6.45, 7) is 8.05. The lowest BCUT2D eigenvalue weighted by Gasteiger charge is -2.33. The third kappa shape index (κ3) is 7.83. The van der Waals surface area contributed by atoms with Gasteiger partial charge in [0.2, 0.25) is 5.91 Å². The molecule has 0 radical (unpaired) electrons. The molecule has 8 heteroatoms. The number of carbonyl (C=O) groups excluding carboxylic acids is 2. The van der Waals surface area contributed by atoms with E-state index in [9.17, 15) is 18.7 Å². The van der Waals surface area contributed by atoms with Gasteiger partial charge in [-0.15, -0.1) is 0 Å². The van der Waals surface area contributed by atoms with Crippen molar-refractivity contribution in [3.05, 3.63) is 0 Å². The van der Waals surface area contributed by atoms with E-state index in [4.69, 9.17) is 4.74 Å². The van der Waals surface area contributed by atoms with Crippen LogP contribution in [0.1, 0.15) is 34.6 Å². The monoisotopic (exact) mass is 268 g/mol. The van der Waals surface area contributed by atoms with E-state index in [-0.39, 0.29) is 0 Å². The molecule has 17 heavy (non-hydrogen) atoms. The fourth-order valence-corrected chi connectivity index (χ4v) is 1.54. The second kappa shape index (κ2) is 5.56. The highest BCUT2D eigenvalue weighted by Crippen LogP contribution is 2.28. The molecule has 2 amide bonds. The number of carbonyl (C=O) groups is 2. The topological polar surface area (TPSA) is 108 Å². The summed E-state index contributed by atoms with van der Waals surface area (Å²) < 4.78 is 27.3.